The van der Waals surface area contributed by atoms with Crippen molar-refractivity contribution in [3.8, 4) is 0 Å². The van der Waals surface area contributed by atoms with E-state index in [2.05, 4.69) is 12.2 Å². The second kappa shape index (κ2) is 14.5. The molecule has 0 aliphatic carbocycles. The highest BCUT2D eigenvalue weighted by Gasteiger charge is 2.20. The maximum Gasteiger partial charge on any atom is 0.0693 e. The van der Waals surface area contributed by atoms with E-state index < -0.39 is 0 Å². The summed E-state index contributed by atoms with van der Waals surface area (Å²) in [7, 11) is 0. The number of aliphatic hydroxyl groups excluding tert-OH is 1. The Morgan fingerprint density at radius 2 is 1.36 bits per heavy atom. The largest absolute Gasteiger partial charge is 0.392 e. The zero-order valence-electron chi connectivity index (χ0n) is 15.1. The summed E-state index contributed by atoms with van der Waals surface area (Å²) < 4.78 is 0. The molecule has 0 bridgehead atoms. The van der Waals surface area contributed by atoms with Gasteiger partial charge in [0.15, 0.2) is 0 Å². The fourth-order valence-electron chi connectivity index (χ4n) is 3.60. The quantitative estimate of drug-likeness (QED) is 0.410. The predicted octanol–water partition coefficient (Wildman–Crippen LogP) is 5.58. The summed E-state index contributed by atoms with van der Waals surface area (Å²) in [4.78, 5) is 0. The molecule has 2 heteroatoms. The molecule has 0 aromatic heterocycles. The van der Waals surface area contributed by atoms with Gasteiger partial charge < -0.3 is 10.4 Å². The van der Waals surface area contributed by atoms with Gasteiger partial charge in [-0.3, -0.25) is 0 Å². The van der Waals surface area contributed by atoms with E-state index in [-0.39, 0.29) is 6.10 Å². The molecular formula is C20H41NO. The Morgan fingerprint density at radius 1 is 0.818 bits per heavy atom. The van der Waals surface area contributed by atoms with E-state index in [9.17, 15) is 5.11 Å². The van der Waals surface area contributed by atoms with Crippen molar-refractivity contribution < 1.29 is 5.11 Å². The molecule has 1 fully saturated rings. The highest BCUT2D eigenvalue weighted by molar-refractivity contribution is 4.79. The molecule has 2 atom stereocenters. The fraction of sp³-hybridized carbons (Fsp3) is 1.00. The zero-order valence-corrected chi connectivity index (χ0v) is 15.1. The van der Waals surface area contributed by atoms with Crippen LogP contribution in [0.4, 0.5) is 0 Å². The first-order valence-electron chi connectivity index (χ1n) is 10.3. The second-order valence-electron chi connectivity index (χ2n) is 7.30. The second-order valence-corrected chi connectivity index (χ2v) is 7.30. The highest BCUT2D eigenvalue weighted by Crippen LogP contribution is 2.16. The van der Waals surface area contributed by atoms with E-state index >= 15 is 0 Å². The molecule has 1 heterocycles. The molecule has 132 valence electrons. The van der Waals surface area contributed by atoms with E-state index in [0.29, 0.717) is 6.04 Å². The Balaban J connectivity index is 1.77. The molecular weight excluding hydrogens is 270 g/mol. The van der Waals surface area contributed by atoms with E-state index in [1.165, 1.54) is 96.3 Å². The molecule has 22 heavy (non-hydrogen) atoms. The van der Waals surface area contributed by atoms with Gasteiger partial charge in [0.25, 0.3) is 0 Å². The summed E-state index contributed by atoms with van der Waals surface area (Å²) in [6.45, 7) is 3.38. The Morgan fingerprint density at radius 3 is 1.86 bits per heavy atom. The van der Waals surface area contributed by atoms with Gasteiger partial charge in [0.1, 0.15) is 0 Å². The minimum absolute atomic E-state index is 0.108. The number of hydrogen-bond acceptors (Lipinski definition) is 2. The first-order valence-corrected chi connectivity index (χ1v) is 10.3. The first-order chi connectivity index (χ1) is 10.8. The third-order valence-corrected chi connectivity index (χ3v) is 5.17. The van der Waals surface area contributed by atoms with Gasteiger partial charge in [-0.05, 0) is 25.8 Å². The summed E-state index contributed by atoms with van der Waals surface area (Å²) in [5.41, 5.74) is 0. The predicted molar refractivity (Wildman–Crippen MR) is 97.3 cm³/mol. The number of rotatable bonds is 14. The van der Waals surface area contributed by atoms with Crippen molar-refractivity contribution >= 4 is 0 Å². The minimum Gasteiger partial charge on any atom is -0.392 e. The molecule has 2 nitrogen and oxygen atoms in total. The van der Waals surface area contributed by atoms with E-state index in [0.717, 1.165) is 13.0 Å². The Bertz CT molecular complexity index is 226. The smallest absolute Gasteiger partial charge is 0.0693 e. The lowest BCUT2D eigenvalue weighted by molar-refractivity contribution is 0.102. The molecule has 1 aliphatic heterocycles. The molecule has 2 unspecified atom stereocenters. The van der Waals surface area contributed by atoms with E-state index in [1.807, 2.05) is 0 Å². The summed E-state index contributed by atoms with van der Waals surface area (Å²) >= 11 is 0. The molecule has 0 spiro atoms. The van der Waals surface area contributed by atoms with Crippen LogP contribution >= 0.6 is 0 Å². The van der Waals surface area contributed by atoms with Gasteiger partial charge in [-0.15, -0.1) is 0 Å². The Hall–Kier alpha value is -0.0800. The van der Waals surface area contributed by atoms with Crippen molar-refractivity contribution in [3.05, 3.63) is 0 Å². The average molecular weight is 312 g/mol. The van der Waals surface area contributed by atoms with E-state index in [1.54, 1.807) is 0 Å². The van der Waals surface area contributed by atoms with Crippen molar-refractivity contribution in [1.29, 1.82) is 0 Å². The highest BCUT2D eigenvalue weighted by atomic mass is 16.3. The van der Waals surface area contributed by atoms with Gasteiger partial charge in [0.05, 0.1) is 6.10 Å². The van der Waals surface area contributed by atoms with Gasteiger partial charge in [-0.1, -0.05) is 90.4 Å². The molecule has 0 aromatic rings. The van der Waals surface area contributed by atoms with Crippen LogP contribution in [0.2, 0.25) is 0 Å². The monoisotopic (exact) mass is 311 g/mol. The molecule has 2 N–H and O–H groups in total. The van der Waals surface area contributed by atoms with Crippen LogP contribution in [0, 0.1) is 0 Å². The standard InChI is InChI=1S/C20H41NO/c1-2-3-4-5-6-7-8-9-10-11-12-13-17-20(22)19-16-14-15-18-21-19/h19-22H,2-18H2,1H3. The number of aliphatic hydroxyl groups is 1. The van der Waals surface area contributed by atoms with Crippen LogP contribution < -0.4 is 5.32 Å². The maximum atomic E-state index is 10.2. The minimum atomic E-state index is -0.108. The Labute approximate surface area is 139 Å². The van der Waals surface area contributed by atoms with Crippen LogP contribution in [-0.2, 0) is 0 Å². The van der Waals surface area contributed by atoms with Gasteiger partial charge >= 0.3 is 0 Å². The van der Waals surface area contributed by atoms with Crippen LogP contribution in [0.3, 0.4) is 0 Å². The van der Waals surface area contributed by atoms with Gasteiger partial charge in [-0.25, -0.2) is 0 Å². The molecule has 0 radical (unpaired) electrons. The summed E-state index contributed by atoms with van der Waals surface area (Å²) in [5.74, 6) is 0. The lowest BCUT2D eigenvalue weighted by Crippen LogP contribution is -2.43. The third-order valence-electron chi connectivity index (χ3n) is 5.17. The fourth-order valence-corrected chi connectivity index (χ4v) is 3.60. The van der Waals surface area contributed by atoms with Gasteiger partial charge in [0.2, 0.25) is 0 Å². The normalized spacial score (nSPS) is 20.2. The molecule has 0 amide bonds. The van der Waals surface area contributed by atoms with Crippen molar-refractivity contribution in [2.75, 3.05) is 6.54 Å². The van der Waals surface area contributed by atoms with Crippen molar-refractivity contribution in [1.82, 2.24) is 5.32 Å². The topological polar surface area (TPSA) is 32.3 Å². The van der Waals surface area contributed by atoms with Gasteiger partial charge in [0, 0.05) is 6.04 Å². The SMILES string of the molecule is CCCCCCCCCCCCCCC(O)C1CCCCN1. The molecule has 0 saturated carbocycles. The van der Waals surface area contributed by atoms with Crippen molar-refractivity contribution in [2.24, 2.45) is 0 Å². The number of piperidine rings is 1. The summed E-state index contributed by atoms with van der Waals surface area (Å²) in [6, 6.07) is 0.376. The van der Waals surface area contributed by atoms with Crippen molar-refractivity contribution in [2.45, 2.75) is 122 Å². The molecule has 1 saturated heterocycles. The van der Waals surface area contributed by atoms with Crippen LogP contribution in [0.5, 0.6) is 0 Å². The summed E-state index contributed by atoms with van der Waals surface area (Å²) in [6.07, 6.45) is 21.3. The van der Waals surface area contributed by atoms with Gasteiger partial charge in [-0.2, -0.15) is 0 Å². The molecule has 1 rings (SSSR count). The van der Waals surface area contributed by atoms with Crippen LogP contribution in [0.25, 0.3) is 0 Å². The molecule has 1 aliphatic rings. The van der Waals surface area contributed by atoms with E-state index in [4.69, 9.17) is 0 Å². The first kappa shape index (κ1) is 20.0. The number of nitrogens with one attached hydrogen (secondary N) is 1. The van der Waals surface area contributed by atoms with Crippen LogP contribution in [0.15, 0.2) is 0 Å². The number of hydrogen-bond donors (Lipinski definition) is 2. The van der Waals surface area contributed by atoms with Crippen molar-refractivity contribution in [3.63, 3.8) is 0 Å². The van der Waals surface area contributed by atoms with Crippen LogP contribution in [-0.4, -0.2) is 23.8 Å². The average Bonchev–Trinajstić information content (AvgIpc) is 2.56. The lowest BCUT2D eigenvalue weighted by Gasteiger charge is -2.28. The lowest BCUT2D eigenvalue weighted by atomic mass is 9.96. The Kier molecular flexibility index (Phi) is 13.2. The number of unbranched alkanes of at least 4 members (excludes halogenated alkanes) is 11. The third kappa shape index (κ3) is 10.6. The van der Waals surface area contributed by atoms with Crippen LogP contribution in [0.1, 0.15) is 110 Å². The molecule has 0 aromatic carbocycles. The maximum absolute atomic E-state index is 10.2. The zero-order chi connectivity index (χ0) is 15.9. The summed E-state index contributed by atoms with van der Waals surface area (Å²) in [5, 5.41) is 13.6.